The first kappa shape index (κ1) is 15.5. The summed E-state index contributed by atoms with van der Waals surface area (Å²) in [4.78, 5) is 22.3. The van der Waals surface area contributed by atoms with Gasteiger partial charge in [0.25, 0.3) is 5.91 Å². The Balaban J connectivity index is 2.14. The van der Waals surface area contributed by atoms with Gasteiger partial charge < -0.3 is 14.8 Å². The first-order valence-corrected chi connectivity index (χ1v) is 6.63. The van der Waals surface area contributed by atoms with Gasteiger partial charge in [-0.15, -0.1) is 0 Å². The van der Waals surface area contributed by atoms with E-state index in [1.54, 1.807) is 12.1 Å². The molecule has 1 aromatic rings. The van der Waals surface area contributed by atoms with Crippen LogP contribution in [-0.2, 0) is 14.3 Å². The van der Waals surface area contributed by atoms with Crippen LogP contribution < -0.4 is 10.1 Å². The Morgan fingerprint density at radius 2 is 1.95 bits per heavy atom. The van der Waals surface area contributed by atoms with E-state index in [0.717, 1.165) is 4.47 Å². The zero-order valence-electron chi connectivity index (χ0n) is 10.6. The van der Waals surface area contributed by atoms with Crippen LogP contribution in [0.4, 0.5) is 0 Å². The topological polar surface area (TPSA) is 64.6 Å². The SMILES string of the molecule is COC(=O)CCCNC(=O)COc1ccc(Br)cc1. The van der Waals surface area contributed by atoms with Crippen molar-refractivity contribution in [2.45, 2.75) is 12.8 Å². The van der Waals surface area contributed by atoms with Gasteiger partial charge in [0.15, 0.2) is 6.61 Å². The fourth-order valence-corrected chi connectivity index (χ4v) is 1.56. The fraction of sp³-hybridized carbons (Fsp3) is 0.385. The fourth-order valence-electron chi connectivity index (χ4n) is 1.29. The number of methoxy groups -OCH3 is 1. The molecule has 0 bridgehead atoms. The summed E-state index contributed by atoms with van der Waals surface area (Å²) in [6.07, 6.45) is 0.848. The number of hydrogen-bond acceptors (Lipinski definition) is 4. The van der Waals surface area contributed by atoms with E-state index in [0.29, 0.717) is 25.1 Å². The highest BCUT2D eigenvalue weighted by molar-refractivity contribution is 9.10. The van der Waals surface area contributed by atoms with Crippen LogP contribution in [0.3, 0.4) is 0 Å². The number of amides is 1. The summed E-state index contributed by atoms with van der Waals surface area (Å²) in [5, 5.41) is 2.66. The van der Waals surface area contributed by atoms with Gasteiger partial charge >= 0.3 is 5.97 Å². The molecule has 1 aromatic carbocycles. The van der Waals surface area contributed by atoms with Gasteiger partial charge in [0.05, 0.1) is 7.11 Å². The molecule has 0 aliphatic carbocycles. The van der Waals surface area contributed by atoms with Crippen molar-refractivity contribution in [2.75, 3.05) is 20.3 Å². The number of halogens is 1. The molecular weight excluding hydrogens is 314 g/mol. The molecule has 19 heavy (non-hydrogen) atoms. The summed E-state index contributed by atoms with van der Waals surface area (Å²) < 4.78 is 10.7. The van der Waals surface area contributed by atoms with Crippen LogP contribution in [0.15, 0.2) is 28.7 Å². The van der Waals surface area contributed by atoms with Crippen molar-refractivity contribution in [3.8, 4) is 5.75 Å². The van der Waals surface area contributed by atoms with Crippen LogP contribution in [0, 0.1) is 0 Å². The number of hydrogen-bond donors (Lipinski definition) is 1. The molecule has 0 radical (unpaired) electrons. The van der Waals surface area contributed by atoms with E-state index >= 15 is 0 Å². The third kappa shape index (κ3) is 6.81. The van der Waals surface area contributed by atoms with Gasteiger partial charge in [0.2, 0.25) is 0 Å². The smallest absolute Gasteiger partial charge is 0.305 e. The molecule has 104 valence electrons. The average molecular weight is 330 g/mol. The van der Waals surface area contributed by atoms with Crippen molar-refractivity contribution in [2.24, 2.45) is 0 Å². The van der Waals surface area contributed by atoms with Crippen molar-refractivity contribution < 1.29 is 19.1 Å². The van der Waals surface area contributed by atoms with Crippen LogP contribution in [0.1, 0.15) is 12.8 Å². The zero-order valence-corrected chi connectivity index (χ0v) is 12.2. The lowest BCUT2D eigenvalue weighted by atomic mass is 10.3. The van der Waals surface area contributed by atoms with Crippen molar-refractivity contribution in [1.29, 1.82) is 0 Å². The molecule has 0 saturated carbocycles. The lowest BCUT2D eigenvalue weighted by Gasteiger charge is -2.07. The highest BCUT2D eigenvalue weighted by Crippen LogP contribution is 2.15. The first-order chi connectivity index (χ1) is 9.11. The van der Waals surface area contributed by atoms with Gasteiger partial charge in [-0.25, -0.2) is 0 Å². The molecule has 0 unspecified atom stereocenters. The summed E-state index contributed by atoms with van der Waals surface area (Å²) in [6, 6.07) is 7.22. The predicted molar refractivity (Wildman–Crippen MR) is 73.9 cm³/mol. The summed E-state index contributed by atoms with van der Waals surface area (Å²) in [5.41, 5.74) is 0. The van der Waals surface area contributed by atoms with Crippen molar-refractivity contribution >= 4 is 27.8 Å². The first-order valence-electron chi connectivity index (χ1n) is 5.83. The molecule has 0 aliphatic rings. The number of carbonyl (C=O) groups excluding carboxylic acids is 2. The molecule has 1 rings (SSSR count). The van der Waals surface area contributed by atoms with Crippen LogP contribution in [0.25, 0.3) is 0 Å². The Hall–Kier alpha value is -1.56. The molecule has 0 heterocycles. The maximum atomic E-state index is 11.4. The van der Waals surface area contributed by atoms with E-state index in [1.165, 1.54) is 7.11 Å². The number of nitrogens with one attached hydrogen (secondary N) is 1. The zero-order chi connectivity index (χ0) is 14.1. The predicted octanol–water partition coefficient (Wildman–Crippen LogP) is 1.90. The number of carbonyl (C=O) groups is 2. The second-order valence-electron chi connectivity index (χ2n) is 3.77. The quantitative estimate of drug-likeness (QED) is 0.613. The van der Waals surface area contributed by atoms with E-state index in [-0.39, 0.29) is 18.5 Å². The molecule has 0 saturated heterocycles. The highest BCUT2D eigenvalue weighted by Gasteiger charge is 2.04. The molecule has 6 heteroatoms. The molecule has 0 aromatic heterocycles. The third-order valence-corrected chi connectivity index (χ3v) is 2.82. The molecule has 0 fully saturated rings. The second-order valence-corrected chi connectivity index (χ2v) is 4.69. The minimum Gasteiger partial charge on any atom is -0.484 e. The maximum absolute atomic E-state index is 11.4. The van der Waals surface area contributed by atoms with Crippen LogP contribution >= 0.6 is 15.9 Å². The van der Waals surface area contributed by atoms with Gasteiger partial charge in [-0.2, -0.15) is 0 Å². The maximum Gasteiger partial charge on any atom is 0.305 e. The van der Waals surface area contributed by atoms with Gasteiger partial charge in [0, 0.05) is 17.4 Å². The van der Waals surface area contributed by atoms with Gasteiger partial charge in [-0.3, -0.25) is 9.59 Å². The Labute approximate surface area is 120 Å². The summed E-state index contributed by atoms with van der Waals surface area (Å²) >= 11 is 3.31. The summed E-state index contributed by atoms with van der Waals surface area (Å²) in [6.45, 7) is 0.386. The number of ether oxygens (including phenoxy) is 2. The molecule has 1 amide bonds. The van der Waals surface area contributed by atoms with Gasteiger partial charge in [0.1, 0.15) is 5.75 Å². The van der Waals surface area contributed by atoms with Crippen LogP contribution in [-0.4, -0.2) is 32.1 Å². The lowest BCUT2D eigenvalue weighted by molar-refractivity contribution is -0.140. The number of esters is 1. The van der Waals surface area contributed by atoms with E-state index in [2.05, 4.69) is 26.0 Å². The van der Waals surface area contributed by atoms with E-state index in [1.807, 2.05) is 12.1 Å². The van der Waals surface area contributed by atoms with Crippen molar-refractivity contribution in [3.63, 3.8) is 0 Å². The minimum absolute atomic E-state index is 0.0418. The highest BCUT2D eigenvalue weighted by atomic mass is 79.9. The lowest BCUT2D eigenvalue weighted by Crippen LogP contribution is -2.30. The molecule has 0 spiro atoms. The van der Waals surface area contributed by atoms with Gasteiger partial charge in [-0.05, 0) is 30.7 Å². The molecular formula is C13H16BrNO4. The largest absolute Gasteiger partial charge is 0.484 e. The van der Waals surface area contributed by atoms with E-state index in [4.69, 9.17) is 4.74 Å². The standard InChI is InChI=1S/C13H16BrNO4/c1-18-13(17)3-2-8-15-12(16)9-19-11-6-4-10(14)5-7-11/h4-7H,2-3,8-9H2,1H3,(H,15,16). The minimum atomic E-state index is -0.277. The molecule has 5 nitrogen and oxygen atoms in total. The molecule has 0 aliphatic heterocycles. The molecule has 0 atom stereocenters. The Morgan fingerprint density at radius 3 is 2.58 bits per heavy atom. The molecule has 1 N–H and O–H groups in total. The summed E-state index contributed by atoms with van der Waals surface area (Å²) in [5.74, 6) is 0.140. The normalized spacial score (nSPS) is 9.79. The monoisotopic (exact) mass is 329 g/mol. The Kier molecular flexibility index (Phi) is 6.95. The van der Waals surface area contributed by atoms with Crippen molar-refractivity contribution in [1.82, 2.24) is 5.32 Å². The average Bonchev–Trinajstić information content (AvgIpc) is 2.42. The third-order valence-electron chi connectivity index (χ3n) is 2.29. The van der Waals surface area contributed by atoms with Crippen LogP contribution in [0.5, 0.6) is 5.75 Å². The second kappa shape index (κ2) is 8.53. The van der Waals surface area contributed by atoms with Crippen LogP contribution in [0.2, 0.25) is 0 Å². The van der Waals surface area contributed by atoms with E-state index in [9.17, 15) is 9.59 Å². The Morgan fingerprint density at radius 1 is 1.26 bits per heavy atom. The van der Waals surface area contributed by atoms with Gasteiger partial charge in [-0.1, -0.05) is 15.9 Å². The summed E-state index contributed by atoms with van der Waals surface area (Å²) in [7, 11) is 1.34. The van der Waals surface area contributed by atoms with Crippen molar-refractivity contribution in [3.05, 3.63) is 28.7 Å². The Bertz CT molecular complexity index is 419. The van der Waals surface area contributed by atoms with E-state index < -0.39 is 0 Å². The number of benzene rings is 1. The number of rotatable bonds is 7.